The summed E-state index contributed by atoms with van der Waals surface area (Å²) >= 11 is 0. The van der Waals surface area contributed by atoms with Crippen LogP contribution in [0.2, 0.25) is 0 Å². The predicted octanol–water partition coefficient (Wildman–Crippen LogP) is 5.72. The first-order valence-electron chi connectivity index (χ1n) is 10.5. The molecule has 0 radical (unpaired) electrons. The van der Waals surface area contributed by atoms with E-state index in [0.29, 0.717) is 12.5 Å². The van der Waals surface area contributed by atoms with Crippen molar-refractivity contribution in [1.82, 2.24) is 4.98 Å². The van der Waals surface area contributed by atoms with Gasteiger partial charge in [0.25, 0.3) is 0 Å². The van der Waals surface area contributed by atoms with Crippen LogP contribution in [0.15, 0.2) is 60.8 Å². The number of amides is 1. The topological polar surface area (TPSA) is 51.2 Å². The number of carbonyl (C=O) groups excluding carboxylic acids is 1. The molecule has 1 fully saturated rings. The maximum atomic E-state index is 13.5. The van der Waals surface area contributed by atoms with Gasteiger partial charge in [-0.15, -0.1) is 0 Å². The van der Waals surface area contributed by atoms with Crippen molar-refractivity contribution in [2.45, 2.75) is 44.9 Å². The minimum atomic E-state index is -0.456. The zero-order chi connectivity index (χ0) is 20.3. The van der Waals surface area contributed by atoms with Crippen LogP contribution < -0.4 is 10.1 Å². The fourth-order valence-corrected chi connectivity index (χ4v) is 4.25. The first-order chi connectivity index (χ1) is 14.1. The van der Waals surface area contributed by atoms with Crippen LogP contribution in [0.1, 0.15) is 45.1 Å². The molecule has 1 amide bonds. The van der Waals surface area contributed by atoms with E-state index in [4.69, 9.17) is 4.74 Å². The summed E-state index contributed by atoms with van der Waals surface area (Å²) in [4.78, 5) is 18.0. The van der Waals surface area contributed by atoms with Gasteiger partial charge >= 0.3 is 0 Å². The molecule has 1 aromatic heterocycles. The number of aromatic nitrogens is 1. The Kier molecular flexibility index (Phi) is 5.52. The molecule has 0 atom stereocenters. The molecule has 4 heteroatoms. The number of benzene rings is 2. The third kappa shape index (κ3) is 3.84. The normalized spacial score (nSPS) is 15.6. The number of pyridine rings is 1. The Hall–Kier alpha value is -2.88. The van der Waals surface area contributed by atoms with Crippen LogP contribution in [-0.4, -0.2) is 17.5 Å². The summed E-state index contributed by atoms with van der Waals surface area (Å²) < 4.78 is 5.95. The maximum Gasteiger partial charge on any atom is 0.235 e. The number of nitrogens with zero attached hydrogens (tertiary/aromatic N) is 1. The van der Waals surface area contributed by atoms with E-state index in [2.05, 4.69) is 36.3 Å². The van der Waals surface area contributed by atoms with Gasteiger partial charge in [0.1, 0.15) is 11.3 Å². The van der Waals surface area contributed by atoms with E-state index in [1.165, 1.54) is 0 Å². The lowest BCUT2D eigenvalue weighted by atomic mass is 9.78. The highest BCUT2D eigenvalue weighted by Crippen LogP contribution is 2.42. The second kappa shape index (κ2) is 8.24. The van der Waals surface area contributed by atoms with Gasteiger partial charge in [-0.25, -0.2) is 0 Å². The molecule has 4 rings (SSSR count). The van der Waals surface area contributed by atoms with Gasteiger partial charge in [-0.2, -0.15) is 0 Å². The van der Waals surface area contributed by atoms with E-state index in [0.717, 1.165) is 53.6 Å². The first kappa shape index (κ1) is 19.4. The van der Waals surface area contributed by atoms with E-state index in [-0.39, 0.29) is 5.91 Å². The zero-order valence-electron chi connectivity index (χ0n) is 17.2. The molecule has 0 aliphatic heterocycles. The fourth-order valence-electron chi connectivity index (χ4n) is 4.25. The van der Waals surface area contributed by atoms with Crippen molar-refractivity contribution in [3.05, 3.63) is 66.4 Å². The molecule has 1 N–H and O–H groups in total. The van der Waals surface area contributed by atoms with Crippen molar-refractivity contribution in [3.63, 3.8) is 0 Å². The summed E-state index contributed by atoms with van der Waals surface area (Å²) in [5.41, 5.74) is 2.22. The summed E-state index contributed by atoms with van der Waals surface area (Å²) in [5, 5.41) is 4.13. The lowest BCUT2D eigenvalue weighted by Crippen LogP contribution is -2.38. The number of ether oxygens (including phenoxy) is 1. The van der Waals surface area contributed by atoms with Gasteiger partial charge < -0.3 is 10.1 Å². The second-order valence-corrected chi connectivity index (χ2v) is 8.33. The molecule has 1 aliphatic rings. The fraction of sp³-hybridized carbons (Fsp3) is 0.360. The van der Waals surface area contributed by atoms with Crippen LogP contribution in [0.3, 0.4) is 0 Å². The number of hydrogen-bond donors (Lipinski definition) is 1. The van der Waals surface area contributed by atoms with Gasteiger partial charge in [-0.3, -0.25) is 9.78 Å². The highest BCUT2D eigenvalue weighted by atomic mass is 16.5. The van der Waals surface area contributed by atoms with E-state index in [1.807, 2.05) is 42.5 Å². The Morgan fingerprint density at radius 3 is 2.55 bits per heavy atom. The molecular formula is C25H28N2O2. The molecule has 3 aromatic rings. The highest BCUT2D eigenvalue weighted by molar-refractivity contribution is 6.06. The van der Waals surface area contributed by atoms with Gasteiger partial charge in [0.15, 0.2) is 0 Å². The minimum Gasteiger partial charge on any atom is -0.491 e. The number of fused-ring (bicyclic) bond motifs is 1. The van der Waals surface area contributed by atoms with Crippen LogP contribution in [-0.2, 0) is 10.2 Å². The van der Waals surface area contributed by atoms with E-state index < -0.39 is 5.41 Å². The summed E-state index contributed by atoms with van der Waals surface area (Å²) in [6.07, 6.45) is 5.68. The smallest absolute Gasteiger partial charge is 0.235 e. The van der Waals surface area contributed by atoms with E-state index in [9.17, 15) is 4.79 Å². The molecule has 4 nitrogen and oxygen atoms in total. The quantitative estimate of drug-likeness (QED) is 0.587. The van der Waals surface area contributed by atoms with Gasteiger partial charge in [-0.1, -0.05) is 57.0 Å². The van der Waals surface area contributed by atoms with Gasteiger partial charge in [0.05, 0.1) is 17.7 Å². The third-order valence-electron chi connectivity index (χ3n) is 5.77. The SMILES string of the molecule is CC(C)COc1ccc(NC(=O)C2(c3ccccc3)CCCC2)c2cccnc12. The van der Waals surface area contributed by atoms with E-state index in [1.54, 1.807) is 6.20 Å². The van der Waals surface area contributed by atoms with Crippen LogP contribution in [0.4, 0.5) is 5.69 Å². The van der Waals surface area contributed by atoms with Crippen molar-refractivity contribution in [1.29, 1.82) is 0 Å². The number of carbonyl (C=O) groups is 1. The largest absolute Gasteiger partial charge is 0.491 e. The van der Waals surface area contributed by atoms with E-state index >= 15 is 0 Å². The number of hydrogen-bond acceptors (Lipinski definition) is 3. The standard InChI is InChI=1S/C25H28N2O2/c1-18(2)17-29-22-13-12-21(20-11-8-16-26-23(20)22)27-24(28)25(14-6-7-15-25)19-9-4-3-5-10-19/h3-5,8-13,16,18H,6-7,14-15,17H2,1-2H3,(H,27,28). The third-order valence-corrected chi connectivity index (χ3v) is 5.77. The van der Waals surface area contributed by atoms with Crippen molar-refractivity contribution in [2.24, 2.45) is 5.92 Å². The molecule has 2 aromatic carbocycles. The van der Waals surface area contributed by atoms with Crippen LogP contribution in [0.25, 0.3) is 10.9 Å². The monoisotopic (exact) mass is 388 g/mol. The molecule has 0 spiro atoms. The Bertz CT molecular complexity index is 992. The van der Waals surface area contributed by atoms with Gasteiger partial charge in [-0.05, 0) is 48.6 Å². The molecule has 29 heavy (non-hydrogen) atoms. The average Bonchev–Trinajstić information content (AvgIpc) is 3.25. The molecule has 0 unspecified atom stereocenters. The summed E-state index contributed by atoms with van der Waals surface area (Å²) in [6, 6.07) is 17.9. The second-order valence-electron chi connectivity index (χ2n) is 8.33. The van der Waals surface area contributed by atoms with Gasteiger partial charge in [0, 0.05) is 11.6 Å². The molecule has 1 saturated carbocycles. The number of anilines is 1. The summed E-state index contributed by atoms with van der Waals surface area (Å²) in [5.74, 6) is 1.26. The van der Waals surface area contributed by atoms with Crippen LogP contribution >= 0.6 is 0 Å². The molecule has 1 aliphatic carbocycles. The summed E-state index contributed by atoms with van der Waals surface area (Å²) in [6.45, 7) is 4.87. The summed E-state index contributed by atoms with van der Waals surface area (Å²) in [7, 11) is 0. The molecule has 150 valence electrons. The predicted molar refractivity (Wildman–Crippen MR) is 117 cm³/mol. The molecule has 1 heterocycles. The van der Waals surface area contributed by atoms with Crippen molar-refractivity contribution >= 4 is 22.5 Å². The Morgan fingerprint density at radius 1 is 1.07 bits per heavy atom. The first-order valence-corrected chi connectivity index (χ1v) is 10.5. The maximum absolute atomic E-state index is 13.5. The van der Waals surface area contributed by atoms with Crippen molar-refractivity contribution < 1.29 is 9.53 Å². The Labute approximate surface area is 172 Å². The highest BCUT2D eigenvalue weighted by Gasteiger charge is 2.42. The van der Waals surface area contributed by atoms with Crippen LogP contribution in [0, 0.1) is 5.92 Å². The Balaban J connectivity index is 1.67. The lowest BCUT2D eigenvalue weighted by Gasteiger charge is -2.28. The van der Waals surface area contributed by atoms with Crippen LogP contribution in [0.5, 0.6) is 5.75 Å². The lowest BCUT2D eigenvalue weighted by molar-refractivity contribution is -0.121. The average molecular weight is 389 g/mol. The minimum absolute atomic E-state index is 0.0715. The van der Waals surface area contributed by atoms with Crippen molar-refractivity contribution in [3.8, 4) is 5.75 Å². The Morgan fingerprint density at radius 2 is 1.83 bits per heavy atom. The molecular weight excluding hydrogens is 360 g/mol. The molecule has 0 bridgehead atoms. The number of rotatable bonds is 6. The van der Waals surface area contributed by atoms with Gasteiger partial charge in [0.2, 0.25) is 5.91 Å². The van der Waals surface area contributed by atoms with Crippen molar-refractivity contribution in [2.75, 3.05) is 11.9 Å². The number of nitrogens with one attached hydrogen (secondary N) is 1. The molecule has 0 saturated heterocycles. The zero-order valence-corrected chi connectivity index (χ0v) is 17.2.